The third-order valence-corrected chi connectivity index (χ3v) is 5.16. The lowest BCUT2D eigenvalue weighted by atomic mass is 9.68. The lowest BCUT2D eigenvalue weighted by Gasteiger charge is -2.44. The van der Waals surface area contributed by atoms with Crippen LogP contribution in [0.1, 0.15) is 54.9 Å². The molecule has 1 rings (SSSR count). The topological polar surface area (TPSA) is 0 Å². The molecule has 0 aromatic rings. The molecule has 104 valence electrons. The highest BCUT2D eigenvalue weighted by atomic mass is 32.1. The smallest absolute Gasteiger partial charge is 0.0406 e. The van der Waals surface area contributed by atoms with Crippen molar-refractivity contribution in [3.05, 3.63) is 23.3 Å². The van der Waals surface area contributed by atoms with Crippen LogP contribution in [-0.2, 0) is 0 Å². The average Bonchev–Trinajstić information content (AvgIpc) is 2.27. The maximum Gasteiger partial charge on any atom is 0.0406 e. The van der Waals surface area contributed by atoms with Crippen molar-refractivity contribution < 1.29 is 0 Å². The molecular formula is C17H30S. The summed E-state index contributed by atoms with van der Waals surface area (Å²) in [5.74, 6) is 2.37. The zero-order valence-electron chi connectivity index (χ0n) is 13.1. The molecule has 0 fully saturated rings. The third-order valence-electron chi connectivity index (χ3n) is 4.29. The minimum atomic E-state index is 0.0424. The van der Waals surface area contributed by atoms with Gasteiger partial charge in [-0.1, -0.05) is 66.2 Å². The highest BCUT2D eigenvalue weighted by Crippen LogP contribution is 2.48. The van der Waals surface area contributed by atoms with E-state index in [1.165, 1.54) is 11.1 Å². The number of hydrogen-bond acceptors (Lipinski definition) is 1. The van der Waals surface area contributed by atoms with Gasteiger partial charge in [0.05, 0.1) is 0 Å². The van der Waals surface area contributed by atoms with E-state index in [0.29, 0.717) is 23.7 Å². The third kappa shape index (κ3) is 2.87. The van der Waals surface area contributed by atoms with Gasteiger partial charge in [-0.2, -0.15) is 12.6 Å². The summed E-state index contributed by atoms with van der Waals surface area (Å²) in [5.41, 5.74) is 3.02. The highest BCUT2D eigenvalue weighted by molar-refractivity contribution is 7.82. The van der Waals surface area contributed by atoms with Crippen LogP contribution in [-0.4, -0.2) is 4.75 Å². The molecule has 0 N–H and O–H groups in total. The molecule has 0 aromatic carbocycles. The molecule has 18 heavy (non-hydrogen) atoms. The highest BCUT2D eigenvalue weighted by Gasteiger charge is 2.41. The molecule has 0 aromatic heterocycles. The molecule has 0 nitrogen and oxygen atoms in total. The zero-order chi connectivity index (χ0) is 14.1. The standard InChI is InChI=1S/C17H30S/c1-8-17(18)15(12(4)5)9-14(11(2)3)10-16(17)13(6)7/h9-13,15,18H,8H2,1-7H3. The predicted molar refractivity (Wildman–Crippen MR) is 86.2 cm³/mol. The van der Waals surface area contributed by atoms with E-state index >= 15 is 0 Å². The van der Waals surface area contributed by atoms with Crippen molar-refractivity contribution >= 4 is 12.6 Å². The van der Waals surface area contributed by atoms with Crippen molar-refractivity contribution in [1.82, 2.24) is 0 Å². The first-order valence-electron chi connectivity index (χ1n) is 7.40. The van der Waals surface area contributed by atoms with Gasteiger partial charge in [0, 0.05) is 4.75 Å². The summed E-state index contributed by atoms with van der Waals surface area (Å²) < 4.78 is 0.0424. The SMILES string of the molecule is CCC1(S)C(C(C)C)=CC(C(C)C)=CC1C(C)C. The normalized spacial score (nSPS) is 28.9. The van der Waals surface area contributed by atoms with Gasteiger partial charge in [0.25, 0.3) is 0 Å². The monoisotopic (exact) mass is 266 g/mol. The second-order valence-corrected chi connectivity index (χ2v) is 7.42. The number of rotatable bonds is 4. The summed E-state index contributed by atoms with van der Waals surface area (Å²) in [6, 6.07) is 0. The molecule has 0 aliphatic heterocycles. The first-order chi connectivity index (χ1) is 8.24. The van der Waals surface area contributed by atoms with Gasteiger partial charge >= 0.3 is 0 Å². The van der Waals surface area contributed by atoms with Crippen molar-refractivity contribution in [3.63, 3.8) is 0 Å². The van der Waals surface area contributed by atoms with Gasteiger partial charge in [-0.05, 0) is 35.7 Å². The van der Waals surface area contributed by atoms with E-state index in [1.54, 1.807) is 0 Å². The van der Waals surface area contributed by atoms with E-state index in [4.69, 9.17) is 12.6 Å². The molecule has 0 heterocycles. The van der Waals surface area contributed by atoms with E-state index in [1.807, 2.05) is 0 Å². The Morgan fingerprint density at radius 2 is 1.67 bits per heavy atom. The molecule has 0 bridgehead atoms. The molecule has 0 amide bonds. The van der Waals surface area contributed by atoms with Crippen LogP contribution in [0.5, 0.6) is 0 Å². The van der Waals surface area contributed by atoms with Gasteiger partial charge in [0.2, 0.25) is 0 Å². The van der Waals surface area contributed by atoms with Crippen LogP contribution in [0.4, 0.5) is 0 Å². The van der Waals surface area contributed by atoms with E-state index in [-0.39, 0.29) is 4.75 Å². The van der Waals surface area contributed by atoms with Crippen LogP contribution < -0.4 is 0 Å². The van der Waals surface area contributed by atoms with Crippen LogP contribution >= 0.6 is 12.6 Å². The number of allylic oxidation sites excluding steroid dienone is 3. The summed E-state index contributed by atoms with van der Waals surface area (Å²) in [6.07, 6.45) is 6.01. The van der Waals surface area contributed by atoms with Crippen molar-refractivity contribution in [2.24, 2.45) is 23.7 Å². The summed E-state index contributed by atoms with van der Waals surface area (Å²) in [6.45, 7) is 16.1. The second kappa shape index (κ2) is 5.86. The Balaban J connectivity index is 3.31. The van der Waals surface area contributed by atoms with Crippen LogP contribution in [0, 0.1) is 23.7 Å². The van der Waals surface area contributed by atoms with Gasteiger partial charge in [-0.25, -0.2) is 0 Å². The summed E-state index contributed by atoms with van der Waals surface area (Å²) in [5, 5.41) is 0. The van der Waals surface area contributed by atoms with E-state index in [9.17, 15) is 0 Å². The molecule has 2 unspecified atom stereocenters. The Morgan fingerprint density at radius 3 is 2.00 bits per heavy atom. The van der Waals surface area contributed by atoms with Crippen LogP contribution in [0.25, 0.3) is 0 Å². The van der Waals surface area contributed by atoms with Gasteiger partial charge < -0.3 is 0 Å². The zero-order valence-corrected chi connectivity index (χ0v) is 14.0. The predicted octanol–water partition coefficient (Wildman–Crippen LogP) is 5.52. The lowest BCUT2D eigenvalue weighted by molar-refractivity contribution is 0.352. The Morgan fingerprint density at radius 1 is 1.11 bits per heavy atom. The maximum atomic E-state index is 5.11. The van der Waals surface area contributed by atoms with Crippen LogP contribution in [0.15, 0.2) is 23.3 Å². The van der Waals surface area contributed by atoms with Crippen molar-refractivity contribution in [2.45, 2.75) is 59.6 Å². The minimum Gasteiger partial charge on any atom is -0.167 e. The van der Waals surface area contributed by atoms with E-state index in [2.05, 4.69) is 60.6 Å². The van der Waals surface area contributed by atoms with Crippen molar-refractivity contribution in [2.75, 3.05) is 0 Å². The van der Waals surface area contributed by atoms with Crippen LogP contribution in [0.2, 0.25) is 0 Å². The molecule has 0 radical (unpaired) electrons. The Labute approximate surface area is 119 Å². The quantitative estimate of drug-likeness (QED) is 0.637. The largest absolute Gasteiger partial charge is 0.167 e. The van der Waals surface area contributed by atoms with Crippen LogP contribution in [0.3, 0.4) is 0 Å². The average molecular weight is 266 g/mol. The summed E-state index contributed by atoms with van der Waals surface area (Å²) in [7, 11) is 0. The molecule has 0 spiro atoms. The molecule has 0 saturated heterocycles. The van der Waals surface area contributed by atoms with Crippen molar-refractivity contribution in [1.29, 1.82) is 0 Å². The summed E-state index contributed by atoms with van der Waals surface area (Å²) in [4.78, 5) is 0. The lowest BCUT2D eigenvalue weighted by Crippen LogP contribution is -2.40. The second-order valence-electron chi connectivity index (χ2n) is 6.62. The van der Waals surface area contributed by atoms with E-state index in [0.717, 1.165) is 6.42 Å². The molecule has 2 atom stereocenters. The minimum absolute atomic E-state index is 0.0424. The fourth-order valence-corrected chi connectivity index (χ4v) is 3.80. The number of thiol groups is 1. The number of hydrogen-bond donors (Lipinski definition) is 1. The Hall–Kier alpha value is -0.170. The molecule has 1 heteroatoms. The van der Waals surface area contributed by atoms with Gasteiger partial charge in [0.1, 0.15) is 0 Å². The van der Waals surface area contributed by atoms with E-state index < -0.39 is 0 Å². The molecule has 1 aliphatic rings. The Bertz CT molecular complexity index is 347. The summed E-state index contributed by atoms with van der Waals surface area (Å²) >= 11 is 5.11. The molecule has 1 aliphatic carbocycles. The Kier molecular flexibility index (Phi) is 5.17. The molecule has 0 saturated carbocycles. The fraction of sp³-hybridized carbons (Fsp3) is 0.765. The van der Waals surface area contributed by atoms with Gasteiger partial charge in [0.15, 0.2) is 0 Å². The molecular weight excluding hydrogens is 236 g/mol. The van der Waals surface area contributed by atoms with Crippen molar-refractivity contribution in [3.8, 4) is 0 Å². The first kappa shape index (κ1) is 15.9. The van der Waals surface area contributed by atoms with Gasteiger partial charge in [-0.15, -0.1) is 0 Å². The fourth-order valence-electron chi connectivity index (χ4n) is 3.10. The first-order valence-corrected chi connectivity index (χ1v) is 7.84. The van der Waals surface area contributed by atoms with Gasteiger partial charge in [-0.3, -0.25) is 0 Å². The maximum absolute atomic E-state index is 5.11.